The van der Waals surface area contributed by atoms with E-state index in [9.17, 15) is 0 Å². The van der Waals surface area contributed by atoms with Gasteiger partial charge in [-0.25, -0.2) is 0 Å². The smallest absolute Gasteiger partial charge is 0.108 e. The maximum Gasteiger partial charge on any atom is 0.108 e. The van der Waals surface area contributed by atoms with Crippen LogP contribution in [0.2, 0.25) is 0 Å². The SMILES string of the molecule is CSC1(C#N)CC1CO. The Morgan fingerprint density at radius 1 is 2.00 bits per heavy atom. The average Bonchev–Trinajstić information content (AvgIpc) is 2.63. The zero-order chi connectivity index (χ0) is 6.91. The zero-order valence-electron chi connectivity index (χ0n) is 5.29. The molecule has 0 aliphatic heterocycles. The number of hydrogen-bond acceptors (Lipinski definition) is 3. The van der Waals surface area contributed by atoms with Crippen molar-refractivity contribution in [2.24, 2.45) is 5.92 Å². The molecule has 0 spiro atoms. The second kappa shape index (κ2) is 2.20. The fourth-order valence-corrected chi connectivity index (χ4v) is 1.82. The third-order valence-electron chi connectivity index (χ3n) is 1.82. The van der Waals surface area contributed by atoms with E-state index in [-0.39, 0.29) is 17.3 Å². The summed E-state index contributed by atoms with van der Waals surface area (Å²) in [5.41, 5.74) is 0. The molecule has 50 valence electrons. The molecule has 1 saturated carbocycles. The predicted molar refractivity (Wildman–Crippen MR) is 37.1 cm³/mol. The molecule has 0 saturated heterocycles. The Balaban J connectivity index is 2.50. The highest BCUT2D eigenvalue weighted by atomic mass is 32.2. The highest BCUT2D eigenvalue weighted by molar-refractivity contribution is 8.00. The molecule has 9 heavy (non-hydrogen) atoms. The van der Waals surface area contributed by atoms with Gasteiger partial charge in [0.25, 0.3) is 0 Å². The first-order chi connectivity index (χ1) is 4.29. The van der Waals surface area contributed by atoms with Crippen molar-refractivity contribution in [2.45, 2.75) is 11.2 Å². The Morgan fingerprint density at radius 2 is 2.67 bits per heavy atom. The number of nitriles is 1. The summed E-state index contributed by atoms with van der Waals surface area (Å²) < 4.78 is -0.227. The lowest BCUT2D eigenvalue weighted by atomic mass is 10.3. The van der Waals surface area contributed by atoms with Crippen LogP contribution in [-0.4, -0.2) is 22.7 Å². The van der Waals surface area contributed by atoms with Crippen LogP contribution >= 0.6 is 11.8 Å². The lowest BCUT2D eigenvalue weighted by Gasteiger charge is -1.99. The van der Waals surface area contributed by atoms with Gasteiger partial charge >= 0.3 is 0 Å². The van der Waals surface area contributed by atoms with E-state index >= 15 is 0 Å². The molecule has 0 radical (unpaired) electrons. The maximum atomic E-state index is 8.64. The number of rotatable bonds is 2. The van der Waals surface area contributed by atoms with Gasteiger partial charge in [-0.15, -0.1) is 11.8 Å². The molecule has 0 aromatic heterocycles. The molecule has 2 unspecified atom stereocenters. The topological polar surface area (TPSA) is 44.0 Å². The van der Waals surface area contributed by atoms with Crippen molar-refractivity contribution in [3.63, 3.8) is 0 Å². The molecule has 0 heterocycles. The van der Waals surface area contributed by atoms with E-state index in [0.717, 1.165) is 6.42 Å². The fourth-order valence-electron chi connectivity index (χ4n) is 0.952. The Hall–Kier alpha value is -0.200. The van der Waals surface area contributed by atoms with Crippen LogP contribution in [-0.2, 0) is 0 Å². The molecule has 0 bridgehead atoms. The van der Waals surface area contributed by atoms with E-state index in [2.05, 4.69) is 6.07 Å². The summed E-state index contributed by atoms with van der Waals surface area (Å²) in [5, 5.41) is 17.2. The van der Waals surface area contributed by atoms with Crippen LogP contribution in [0.3, 0.4) is 0 Å². The number of aliphatic hydroxyl groups is 1. The van der Waals surface area contributed by atoms with Crippen LogP contribution in [0.4, 0.5) is 0 Å². The van der Waals surface area contributed by atoms with Crippen molar-refractivity contribution in [1.82, 2.24) is 0 Å². The molecule has 0 aromatic rings. The van der Waals surface area contributed by atoms with E-state index in [4.69, 9.17) is 10.4 Å². The van der Waals surface area contributed by atoms with Gasteiger partial charge in [0, 0.05) is 12.5 Å². The minimum absolute atomic E-state index is 0.161. The molecule has 1 aliphatic rings. The minimum atomic E-state index is -0.227. The third-order valence-corrected chi connectivity index (χ3v) is 3.14. The number of hydrogen-bond donors (Lipinski definition) is 1. The molecule has 1 rings (SSSR count). The molecule has 2 atom stereocenters. The molecule has 1 N–H and O–H groups in total. The number of nitrogens with zero attached hydrogens (tertiary/aromatic N) is 1. The minimum Gasteiger partial charge on any atom is -0.396 e. The van der Waals surface area contributed by atoms with Gasteiger partial charge < -0.3 is 5.11 Å². The largest absolute Gasteiger partial charge is 0.396 e. The van der Waals surface area contributed by atoms with E-state index in [1.165, 1.54) is 0 Å². The second-order valence-electron chi connectivity index (χ2n) is 2.29. The average molecular weight is 143 g/mol. The summed E-state index contributed by atoms with van der Waals surface area (Å²) in [6.07, 6.45) is 2.78. The number of aliphatic hydroxyl groups excluding tert-OH is 1. The van der Waals surface area contributed by atoms with Gasteiger partial charge in [-0.3, -0.25) is 0 Å². The quantitative estimate of drug-likeness (QED) is 0.616. The summed E-state index contributed by atoms with van der Waals surface area (Å²) in [6.45, 7) is 0.161. The molecule has 3 heteroatoms. The van der Waals surface area contributed by atoms with E-state index in [0.29, 0.717) is 0 Å². The number of thioether (sulfide) groups is 1. The lowest BCUT2D eigenvalue weighted by Crippen LogP contribution is -2.04. The fraction of sp³-hybridized carbons (Fsp3) is 0.833. The van der Waals surface area contributed by atoms with Gasteiger partial charge in [-0.05, 0) is 12.7 Å². The Morgan fingerprint density at radius 3 is 2.78 bits per heavy atom. The summed E-state index contributed by atoms with van der Waals surface area (Å²) in [6, 6.07) is 2.21. The van der Waals surface area contributed by atoms with Crippen molar-refractivity contribution in [1.29, 1.82) is 5.26 Å². The van der Waals surface area contributed by atoms with Gasteiger partial charge in [0.05, 0.1) is 6.07 Å². The van der Waals surface area contributed by atoms with Crippen LogP contribution in [0.25, 0.3) is 0 Å². The van der Waals surface area contributed by atoms with Crippen LogP contribution in [0.15, 0.2) is 0 Å². The van der Waals surface area contributed by atoms with Gasteiger partial charge in [0.1, 0.15) is 4.75 Å². The van der Waals surface area contributed by atoms with Crippen LogP contribution in [0.5, 0.6) is 0 Å². The first kappa shape index (κ1) is 6.91. The van der Waals surface area contributed by atoms with Crippen molar-refractivity contribution >= 4 is 11.8 Å². The first-order valence-corrected chi connectivity index (χ1v) is 4.09. The van der Waals surface area contributed by atoms with E-state index in [1.54, 1.807) is 11.8 Å². The summed E-state index contributed by atoms with van der Waals surface area (Å²) in [7, 11) is 0. The molecule has 0 amide bonds. The first-order valence-electron chi connectivity index (χ1n) is 2.86. The van der Waals surface area contributed by atoms with E-state index < -0.39 is 0 Å². The van der Waals surface area contributed by atoms with Crippen molar-refractivity contribution in [3.8, 4) is 6.07 Å². The standard InChI is InChI=1S/C6H9NOS/c1-9-6(4-7)2-5(6)3-8/h5,8H,2-3H2,1H3. The van der Waals surface area contributed by atoms with Gasteiger partial charge in [0.2, 0.25) is 0 Å². The molecule has 1 aliphatic carbocycles. The molecular formula is C6H9NOS. The van der Waals surface area contributed by atoms with Crippen LogP contribution in [0.1, 0.15) is 6.42 Å². The highest BCUT2D eigenvalue weighted by Gasteiger charge is 2.54. The Labute approximate surface area is 58.9 Å². The van der Waals surface area contributed by atoms with Crippen LogP contribution < -0.4 is 0 Å². The van der Waals surface area contributed by atoms with Crippen molar-refractivity contribution in [3.05, 3.63) is 0 Å². The van der Waals surface area contributed by atoms with Gasteiger partial charge in [-0.2, -0.15) is 5.26 Å². The maximum absolute atomic E-state index is 8.64. The third kappa shape index (κ3) is 0.930. The molecule has 2 nitrogen and oxygen atoms in total. The predicted octanol–water partition coefficient (Wildman–Crippen LogP) is 0.624. The lowest BCUT2D eigenvalue weighted by molar-refractivity contribution is 0.275. The highest BCUT2D eigenvalue weighted by Crippen LogP contribution is 2.52. The molecular weight excluding hydrogens is 134 g/mol. The van der Waals surface area contributed by atoms with Crippen molar-refractivity contribution in [2.75, 3.05) is 12.9 Å². The van der Waals surface area contributed by atoms with E-state index in [1.807, 2.05) is 6.26 Å². The summed E-state index contributed by atoms with van der Waals surface area (Å²) >= 11 is 1.55. The molecule has 0 aromatic carbocycles. The summed E-state index contributed by atoms with van der Waals surface area (Å²) in [5.74, 6) is 0.234. The Kier molecular flexibility index (Phi) is 1.69. The van der Waals surface area contributed by atoms with Gasteiger partial charge in [0.15, 0.2) is 0 Å². The summed E-state index contributed by atoms with van der Waals surface area (Å²) in [4.78, 5) is 0. The van der Waals surface area contributed by atoms with Gasteiger partial charge in [-0.1, -0.05) is 0 Å². The normalized spacial score (nSPS) is 39.9. The molecule has 1 fully saturated rings. The van der Waals surface area contributed by atoms with Crippen LogP contribution in [0, 0.1) is 17.2 Å². The second-order valence-corrected chi connectivity index (χ2v) is 3.43. The zero-order valence-corrected chi connectivity index (χ0v) is 6.11. The monoisotopic (exact) mass is 143 g/mol. The van der Waals surface area contributed by atoms with Crippen molar-refractivity contribution < 1.29 is 5.11 Å². The Bertz CT molecular complexity index is 154.